The smallest absolute Gasteiger partial charge is 0.234 e. The van der Waals surface area contributed by atoms with Crippen molar-refractivity contribution in [1.82, 2.24) is 10.4 Å². The molecule has 2 heterocycles. The molecule has 5 nitrogen and oxygen atoms in total. The molecule has 0 aliphatic rings. The number of rotatable bonds is 5. The minimum Gasteiger partial charge on any atom is -0.493 e. The summed E-state index contributed by atoms with van der Waals surface area (Å²) in [5, 5.41) is 4.19. The molecule has 0 saturated heterocycles. The number of aromatic nitrogens is 1. The zero-order chi connectivity index (χ0) is 14.8. The Labute approximate surface area is 129 Å². The van der Waals surface area contributed by atoms with Crippen molar-refractivity contribution in [3.63, 3.8) is 0 Å². The first-order valence-corrected chi connectivity index (χ1v) is 8.28. The van der Waals surface area contributed by atoms with Crippen molar-refractivity contribution in [1.29, 1.82) is 0 Å². The molecule has 21 heavy (non-hydrogen) atoms. The van der Waals surface area contributed by atoms with E-state index in [1.54, 1.807) is 22.7 Å². The third kappa shape index (κ3) is 2.85. The van der Waals surface area contributed by atoms with Crippen molar-refractivity contribution in [3.05, 3.63) is 22.5 Å². The Bertz CT molecular complexity index is 794. The van der Waals surface area contributed by atoms with Crippen LogP contribution < -0.4 is 16.0 Å². The summed E-state index contributed by atoms with van der Waals surface area (Å²) in [5.74, 6) is 5.73. The van der Waals surface area contributed by atoms with E-state index in [-0.39, 0.29) is 5.91 Å². The molecule has 0 atom stereocenters. The van der Waals surface area contributed by atoms with Gasteiger partial charge in [0, 0.05) is 17.9 Å². The van der Waals surface area contributed by atoms with Gasteiger partial charge in [-0.05, 0) is 24.8 Å². The number of benzene rings is 1. The Morgan fingerprint density at radius 3 is 3.19 bits per heavy atom. The standard InChI is InChI=1S/C14H15N3O2S2/c1-8-16-13-11(21-8)7-10(9-4-6-20-14(9)13)19-5-2-3-12(18)17-15/h4,6-7H,2-3,5,15H2,1H3,(H,17,18). The van der Waals surface area contributed by atoms with Gasteiger partial charge in [-0.1, -0.05) is 0 Å². The normalized spacial score (nSPS) is 11.1. The molecule has 110 valence electrons. The van der Waals surface area contributed by atoms with Crippen LogP contribution in [0.5, 0.6) is 5.75 Å². The van der Waals surface area contributed by atoms with E-state index < -0.39 is 0 Å². The van der Waals surface area contributed by atoms with Gasteiger partial charge in [-0.15, -0.1) is 22.7 Å². The lowest BCUT2D eigenvalue weighted by atomic mass is 10.2. The Kier molecular flexibility index (Phi) is 4.05. The Morgan fingerprint density at radius 1 is 1.52 bits per heavy atom. The van der Waals surface area contributed by atoms with E-state index in [0.29, 0.717) is 19.4 Å². The van der Waals surface area contributed by atoms with Crippen LogP contribution in [0.1, 0.15) is 17.8 Å². The van der Waals surface area contributed by atoms with Crippen LogP contribution in [0.2, 0.25) is 0 Å². The quantitative estimate of drug-likeness (QED) is 0.328. The van der Waals surface area contributed by atoms with E-state index in [4.69, 9.17) is 10.6 Å². The highest BCUT2D eigenvalue weighted by molar-refractivity contribution is 7.21. The molecular formula is C14H15N3O2S2. The van der Waals surface area contributed by atoms with Gasteiger partial charge >= 0.3 is 0 Å². The van der Waals surface area contributed by atoms with Crippen molar-refractivity contribution in [3.8, 4) is 5.75 Å². The van der Waals surface area contributed by atoms with E-state index in [1.807, 2.05) is 18.4 Å². The molecule has 0 unspecified atom stereocenters. The number of hydrogen-bond donors (Lipinski definition) is 2. The zero-order valence-corrected chi connectivity index (χ0v) is 13.1. The number of aryl methyl sites for hydroxylation is 1. The van der Waals surface area contributed by atoms with Gasteiger partial charge in [0.05, 0.1) is 26.5 Å². The van der Waals surface area contributed by atoms with Crippen LogP contribution in [0.25, 0.3) is 20.3 Å². The first-order valence-electron chi connectivity index (χ1n) is 6.58. The second kappa shape index (κ2) is 5.97. The van der Waals surface area contributed by atoms with Crippen molar-refractivity contribution in [2.75, 3.05) is 6.61 Å². The molecule has 0 bridgehead atoms. The molecule has 3 N–H and O–H groups in total. The molecule has 3 rings (SSSR count). The van der Waals surface area contributed by atoms with Crippen LogP contribution >= 0.6 is 22.7 Å². The van der Waals surface area contributed by atoms with Crippen LogP contribution in [-0.4, -0.2) is 17.5 Å². The van der Waals surface area contributed by atoms with Gasteiger partial charge in [-0.2, -0.15) is 0 Å². The molecule has 0 aliphatic heterocycles. The lowest BCUT2D eigenvalue weighted by Crippen LogP contribution is -2.29. The van der Waals surface area contributed by atoms with E-state index in [9.17, 15) is 4.79 Å². The number of amides is 1. The van der Waals surface area contributed by atoms with Crippen molar-refractivity contribution in [2.45, 2.75) is 19.8 Å². The summed E-state index contributed by atoms with van der Waals surface area (Å²) in [6, 6.07) is 4.09. The topological polar surface area (TPSA) is 77.2 Å². The number of nitrogens with zero attached hydrogens (tertiary/aromatic N) is 1. The first kappa shape index (κ1) is 14.2. The molecule has 7 heteroatoms. The highest BCUT2D eigenvalue weighted by Crippen LogP contribution is 2.38. The predicted octanol–water partition coefficient (Wildman–Crippen LogP) is 2.97. The molecule has 3 aromatic rings. The number of carbonyl (C=O) groups excluding carboxylic acids is 1. The summed E-state index contributed by atoms with van der Waals surface area (Å²) < 4.78 is 8.15. The average Bonchev–Trinajstić information content (AvgIpc) is 3.08. The maximum Gasteiger partial charge on any atom is 0.234 e. The van der Waals surface area contributed by atoms with Crippen LogP contribution in [0.4, 0.5) is 0 Å². The molecular weight excluding hydrogens is 306 g/mol. The SMILES string of the molecule is Cc1nc2c(cc(OCCCC(=O)NN)c3ccsc32)s1. The highest BCUT2D eigenvalue weighted by Gasteiger charge is 2.12. The fourth-order valence-electron chi connectivity index (χ4n) is 2.19. The van der Waals surface area contributed by atoms with Gasteiger partial charge in [0.2, 0.25) is 5.91 Å². The minimum absolute atomic E-state index is 0.173. The number of ether oxygens (including phenoxy) is 1. The number of thiophene rings is 1. The first-order chi connectivity index (χ1) is 10.2. The van der Waals surface area contributed by atoms with Gasteiger partial charge < -0.3 is 4.74 Å². The van der Waals surface area contributed by atoms with Gasteiger partial charge in [0.25, 0.3) is 0 Å². The Balaban J connectivity index is 1.83. The van der Waals surface area contributed by atoms with Gasteiger partial charge in [0.1, 0.15) is 5.75 Å². The lowest BCUT2D eigenvalue weighted by Gasteiger charge is -2.07. The number of hydrazine groups is 1. The maximum absolute atomic E-state index is 11.1. The fraction of sp³-hybridized carbons (Fsp3) is 0.286. The van der Waals surface area contributed by atoms with Gasteiger partial charge in [-0.25, -0.2) is 10.8 Å². The van der Waals surface area contributed by atoms with Gasteiger partial charge in [0.15, 0.2) is 0 Å². The minimum atomic E-state index is -0.173. The summed E-state index contributed by atoms with van der Waals surface area (Å²) in [6.07, 6.45) is 1.000. The van der Waals surface area contributed by atoms with Gasteiger partial charge in [-0.3, -0.25) is 10.2 Å². The number of thiazole rings is 1. The maximum atomic E-state index is 11.1. The van der Waals surface area contributed by atoms with Crippen LogP contribution in [-0.2, 0) is 4.79 Å². The summed E-state index contributed by atoms with van der Waals surface area (Å²) in [4.78, 5) is 15.7. The predicted molar refractivity (Wildman–Crippen MR) is 86.8 cm³/mol. The molecule has 0 aliphatic carbocycles. The average molecular weight is 321 g/mol. The van der Waals surface area contributed by atoms with E-state index in [0.717, 1.165) is 31.1 Å². The van der Waals surface area contributed by atoms with Crippen LogP contribution in [0, 0.1) is 6.92 Å². The summed E-state index contributed by atoms with van der Waals surface area (Å²) in [6.45, 7) is 2.50. The van der Waals surface area contributed by atoms with Crippen LogP contribution in [0.15, 0.2) is 17.5 Å². The molecule has 0 radical (unpaired) electrons. The van der Waals surface area contributed by atoms with Crippen molar-refractivity contribution < 1.29 is 9.53 Å². The number of carbonyl (C=O) groups is 1. The number of nitrogens with two attached hydrogens (primary N) is 1. The molecule has 1 aromatic carbocycles. The molecule has 2 aromatic heterocycles. The third-order valence-corrected chi connectivity index (χ3v) is 4.97. The number of nitrogens with one attached hydrogen (secondary N) is 1. The molecule has 1 amide bonds. The number of hydrogen-bond acceptors (Lipinski definition) is 6. The van der Waals surface area contributed by atoms with E-state index >= 15 is 0 Å². The summed E-state index contributed by atoms with van der Waals surface area (Å²) >= 11 is 3.34. The Morgan fingerprint density at radius 2 is 2.38 bits per heavy atom. The van der Waals surface area contributed by atoms with E-state index in [2.05, 4.69) is 16.5 Å². The lowest BCUT2D eigenvalue weighted by molar-refractivity contribution is -0.121. The van der Waals surface area contributed by atoms with Crippen molar-refractivity contribution in [2.24, 2.45) is 5.84 Å². The second-order valence-electron chi connectivity index (χ2n) is 4.64. The molecule has 0 saturated carbocycles. The van der Waals surface area contributed by atoms with Crippen molar-refractivity contribution >= 4 is 48.9 Å². The summed E-state index contributed by atoms with van der Waals surface area (Å²) in [7, 11) is 0. The monoisotopic (exact) mass is 321 g/mol. The molecule has 0 spiro atoms. The molecule has 0 fully saturated rings. The second-order valence-corrected chi connectivity index (χ2v) is 6.79. The largest absolute Gasteiger partial charge is 0.493 e. The van der Waals surface area contributed by atoms with Crippen LogP contribution in [0.3, 0.4) is 0 Å². The highest BCUT2D eigenvalue weighted by atomic mass is 32.1. The zero-order valence-electron chi connectivity index (χ0n) is 11.5. The fourth-order valence-corrected chi connectivity index (χ4v) is 4.03. The van der Waals surface area contributed by atoms with E-state index in [1.165, 1.54) is 0 Å². The number of fused-ring (bicyclic) bond motifs is 3. The summed E-state index contributed by atoms with van der Waals surface area (Å²) in [5.41, 5.74) is 3.17. The Hall–Kier alpha value is -1.70. The third-order valence-electron chi connectivity index (χ3n) is 3.13.